The van der Waals surface area contributed by atoms with Gasteiger partial charge in [-0.05, 0) is 25.0 Å². The monoisotopic (exact) mass is 320 g/mol. The van der Waals surface area contributed by atoms with Gasteiger partial charge in [0.1, 0.15) is 0 Å². The van der Waals surface area contributed by atoms with Crippen molar-refractivity contribution >= 4 is 17.6 Å². The van der Waals surface area contributed by atoms with Crippen molar-refractivity contribution < 1.29 is 4.52 Å². The molecule has 0 amide bonds. The molecule has 1 heterocycles. The van der Waals surface area contributed by atoms with Gasteiger partial charge in [0.2, 0.25) is 0 Å². The molecule has 0 spiro atoms. The first kappa shape index (κ1) is 16.4. The first-order chi connectivity index (χ1) is 10.7. The van der Waals surface area contributed by atoms with Crippen LogP contribution in [-0.4, -0.2) is 17.7 Å². The normalized spacial score (nSPS) is 11.5. The number of hydrogen-bond donors (Lipinski definition) is 2. The van der Waals surface area contributed by atoms with Gasteiger partial charge in [0.25, 0.3) is 0 Å². The Labute approximate surface area is 135 Å². The van der Waals surface area contributed by atoms with Crippen LogP contribution in [0.2, 0.25) is 5.02 Å². The summed E-state index contributed by atoms with van der Waals surface area (Å²) < 4.78 is 5.25. The lowest BCUT2D eigenvalue weighted by atomic mass is 10.2. The average Bonchev–Trinajstić information content (AvgIpc) is 2.99. The van der Waals surface area contributed by atoms with Crippen LogP contribution in [0.4, 0.5) is 0 Å². The van der Waals surface area contributed by atoms with Crippen molar-refractivity contribution in [3.8, 4) is 0 Å². The van der Waals surface area contributed by atoms with E-state index in [0.717, 1.165) is 41.0 Å². The minimum atomic E-state index is 0.519. The smallest absolute Gasteiger partial charge is 0.191 e. The third kappa shape index (κ3) is 4.77. The first-order valence-electron chi connectivity index (χ1n) is 7.43. The van der Waals surface area contributed by atoms with Gasteiger partial charge in [-0.2, -0.15) is 0 Å². The summed E-state index contributed by atoms with van der Waals surface area (Å²) in [6.45, 7) is 5.92. The molecule has 2 N–H and O–H groups in total. The molecule has 22 heavy (non-hydrogen) atoms. The molecule has 0 bridgehead atoms. The van der Waals surface area contributed by atoms with Crippen molar-refractivity contribution in [1.29, 1.82) is 0 Å². The molecule has 0 aliphatic heterocycles. The molecule has 0 aliphatic carbocycles. The van der Waals surface area contributed by atoms with Crippen LogP contribution >= 0.6 is 11.6 Å². The van der Waals surface area contributed by atoms with Crippen LogP contribution in [0, 0.1) is 0 Å². The summed E-state index contributed by atoms with van der Waals surface area (Å²) in [5.74, 6) is 1.51. The van der Waals surface area contributed by atoms with Gasteiger partial charge in [0.15, 0.2) is 11.7 Å². The van der Waals surface area contributed by atoms with Gasteiger partial charge in [0.05, 0.1) is 18.8 Å². The predicted octanol–water partition coefficient (Wildman–Crippen LogP) is 3.15. The Morgan fingerprint density at radius 2 is 2.09 bits per heavy atom. The molecule has 5 nitrogen and oxygen atoms in total. The second-order valence-electron chi connectivity index (χ2n) is 4.78. The van der Waals surface area contributed by atoms with E-state index >= 15 is 0 Å². The molecule has 6 heteroatoms. The summed E-state index contributed by atoms with van der Waals surface area (Å²) in [6, 6.07) is 9.66. The number of aliphatic imine (C=N–C) groups is 1. The van der Waals surface area contributed by atoms with Gasteiger partial charge in [-0.3, -0.25) is 0 Å². The lowest BCUT2D eigenvalue weighted by Crippen LogP contribution is -2.36. The van der Waals surface area contributed by atoms with Crippen LogP contribution in [0.1, 0.15) is 30.9 Å². The third-order valence-electron chi connectivity index (χ3n) is 3.11. The second kappa shape index (κ2) is 8.44. The number of aryl methyl sites for hydroxylation is 1. The van der Waals surface area contributed by atoms with E-state index in [4.69, 9.17) is 16.1 Å². The number of nitrogens with one attached hydrogen (secondary N) is 2. The maximum absolute atomic E-state index is 6.14. The number of aromatic nitrogens is 1. The summed E-state index contributed by atoms with van der Waals surface area (Å²) in [5.41, 5.74) is 1.95. The zero-order valence-corrected chi connectivity index (χ0v) is 13.7. The fourth-order valence-corrected chi connectivity index (χ4v) is 2.10. The van der Waals surface area contributed by atoms with E-state index in [0.29, 0.717) is 13.1 Å². The van der Waals surface area contributed by atoms with Crippen molar-refractivity contribution in [2.45, 2.75) is 33.4 Å². The number of rotatable bonds is 6. The summed E-state index contributed by atoms with van der Waals surface area (Å²) in [4.78, 5) is 4.53. The van der Waals surface area contributed by atoms with E-state index in [2.05, 4.69) is 20.8 Å². The Morgan fingerprint density at radius 3 is 2.77 bits per heavy atom. The minimum absolute atomic E-state index is 0.519. The maximum atomic E-state index is 6.14. The van der Waals surface area contributed by atoms with E-state index < -0.39 is 0 Å². The second-order valence-corrected chi connectivity index (χ2v) is 5.19. The molecule has 1 aromatic heterocycles. The maximum Gasteiger partial charge on any atom is 0.191 e. The molecule has 0 saturated heterocycles. The number of nitrogens with zero attached hydrogens (tertiary/aromatic N) is 2. The van der Waals surface area contributed by atoms with Crippen LogP contribution < -0.4 is 10.6 Å². The van der Waals surface area contributed by atoms with E-state index in [1.54, 1.807) is 0 Å². The Balaban J connectivity index is 1.96. The average molecular weight is 321 g/mol. The molecule has 1 aromatic carbocycles. The van der Waals surface area contributed by atoms with Crippen LogP contribution in [0.25, 0.3) is 0 Å². The Bertz CT molecular complexity index is 624. The Hall–Kier alpha value is -2.01. The SMILES string of the molecule is CCNC(=NCc1ccccc1Cl)NCc1cc(CC)no1. The highest BCUT2D eigenvalue weighted by atomic mass is 35.5. The highest BCUT2D eigenvalue weighted by Crippen LogP contribution is 2.15. The predicted molar refractivity (Wildman–Crippen MR) is 89.0 cm³/mol. The highest BCUT2D eigenvalue weighted by Gasteiger charge is 2.04. The highest BCUT2D eigenvalue weighted by molar-refractivity contribution is 6.31. The number of benzene rings is 1. The van der Waals surface area contributed by atoms with Gasteiger partial charge in [-0.1, -0.05) is 41.9 Å². The molecule has 0 unspecified atom stereocenters. The fraction of sp³-hybridized carbons (Fsp3) is 0.375. The summed E-state index contributed by atoms with van der Waals surface area (Å²) in [7, 11) is 0. The molecule has 0 aliphatic rings. The molecular formula is C16H21ClN4O. The quantitative estimate of drug-likeness (QED) is 0.634. The third-order valence-corrected chi connectivity index (χ3v) is 3.48. The molecule has 0 fully saturated rings. The van der Waals surface area contributed by atoms with Crippen LogP contribution in [0.5, 0.6) is 0 Å². The molecule has 2 aromatic rings. The molecule has 0 atom stereocenters. The van der Waals surface area contributed by atoms with Gasteiger partial charge < -0.3 is 15.2 Å². The molecule has 2 rings (SSSR count). The van der Waals surface area contributed by atoms with E-state index in [-0.39, 0.29) is 0 Å². The lowest BCUT2D eigenvalue weighted by molar-refractivity contribution is 0.374. The molecule has 0 saturated carbocycles. The van der Waals surface area contributed by atoms with E-state index in [9.17, 15) is 0 Å². The number of halogens is 1. The van der Waals surface area contributed by atoms with Crippen LogP contribution in [-0.2, 0) is 19.5 Å². The van der Waals surface area contributed by atoms with E-state index in [1.165, 1.54) is 0 Å². The number of guanidine groups is 1. The zero-order chi connectivity index (χ0) is 15.8. The van der Waals surface area contributed by atoms with E-state index in [1.807, 2.05) is 44.2 Å². The zero-order valence-electron chi connectivity index (χ0n) is 12.9. The Morgan fingerprint density at radius 1 is 1.27 bits per heavy atom. The van der Waals surface area contributed by atoms with Crippen molar-refractivity contribution in [3.05, 3.63) is 52.4 Å². The first-order valence-corrected chi connectivity index (χ1v) is 7.80. The van der Waals surface area contributed by atoms with Crippen LogP contribution in [0.3, 0.4) is 0 Å². The van der Waals surface area contributed by atoms with Gasteiger partial charge >= 0.3 is 0 Å². The van der Waals surface area contributed by atoms with Gasteiger partial charge in [-0.15, -0.1) is 0 Å². The van der Waals surface area contributed by atoms with Gasteiger partial charge in [-0.25, -0.2) is 4.99 Å². The summed E-state index contributed by atoms with van der Waals surface area (Å²) in [5, 5.41) is 11.1. The van der Waals surface area contributed by atoms with Gasteiger partial charge in [0, 0.05) is 17.6 Å². The van der Waals surface area contributed by atoms with Crippen LogP contribution in [0.15, 0.2) is 39.8 Å². The Kier molecular flexibility index (Phi) is 6.27. The molecule has 0 radical (unpaired) electrons. The molecular weight excluding hydrogens is 300 g/mol. The number of hydrogen-bond acceptors (Lipinski definition) is 3. The lowest BCUT2D eigenvalue weighted by Gasteiger charge is -2.10. The fourth-order valence-electron chi connectivity index (χ4n) is 1.91. The van der Waals surface area contributed by atoms with Crippen molar-refractivity contribution in [3.63, 3.8) is 0 Å². The van der Waals surface area contributed by atoms with Crippen molar-refractivity contribution in [2.24, 2.45) is 4.99 Å². The standard InChI is InChI=1S/C16H21ClN4O/c1-3-13-9-14(22-21-13)11-20-16(18-4-2)19-10-12-7-5-6-8-15(12)17/h5-9H,3-4,10-11H2,1-2H3,(H2,18,19,20). The summed E-state index contributed by atoms with van der Waals surface area (Å²) in [6.07, 6.45) is 0.865. The van der Waals surface area contributed by atoms with Crippen molar-refractivity contribution in [1.82, 2.24) is 15.8 Å². The largest absolute Gasteiger partial charge is 0.359 e. The molecule has 118 valence electrons. The summed E-state index contributed by atoms with van der Waals surface area (Å²) >= 11 is 6.14. The minimum Gasteiger partial charge on any atom is -0.359 e. The topological polar surface area (TPSA) is 62.5 Å². The van der Waals surface area contributed by atoms with Crippen molar-refractivity contribution in [2.75, 3.05) is 6.54 Å².